The Morgan fingerprint density at radius 1 is 1.38 bits per heavy atom. The summed E-state index contributed by atoms with van der Waals surface area (Å²) in [5, 5.41) is 6.18. The maximum atomic E-state index is 12.4. The molecular formula is C17H21Cl2N3O4. The number of hydrogen-bond donors (Lipinski definition) is 2. The summed E-state index contributed by atoms with van der Waals surface area (Å²) in [5.41, 5.74) is 0.393. The molecular weight excluding hydrogens is 381 g/mol. The average molecular weight is 402 g/mol. The first-order valence-corrected chi connectivity index (χ1v) is 9.08. The van der Waals surface area contributed by atoms with Crippen molar-refractivity contribution in [3.05, 3.63) is 28.2 Å². The van der Waals surface area contributed by atoms with Gasteiger partial charge in [-0.05, 0) is 24.6 Å². The molecule has 1 unspecified atom stereocenters. The first-order chi connectivity index (χ1) is 12.4. The van der Waals surface area contributed by atoms with E-state index in [-0.39, 0.29) is 24.8 Å². The fraction of sp³-hybridized carbons (Fsp3) is 0.471. The highest BCUT2D eigenvalue weighted by Gasteiger charge is 2.33. The van der Waals surface area contributed by atoms with Crippen molar-refractivity contribution >= 4 is 46.7 Å². The highest BCUT2D eigenvalue weighted by molar-refractivity contribution is 6.35. The summed E-state index contributed by atoms with van der Waals surface area (Å²) >= 11 is 11.9. The normalized spacial score (nSPS) is 17.5. The van der Waals surface area contributed by atoms with Crippen LogP contribution in [0.25, 0.3) is 0 Å². The molecule has 1 fully saturated rings. The fourth-order valence-electron chi connectivity index (χ4n) is 2.57. The molecule has 26 heavy (non-hydrogen) atoms. The second-order valence-electron chi connectivity index (χ2n) is 5.87. The van der Waals surface area contributed by atoms with Gasteiger partial charge < -0.3 is 15.4 Å². The molecule has 1 heterocycles. The van der Waals surface area contributed by atoms with E-state index in [2.05, 4.69) is 10.6 Å². The summed E-state index contributed by atoms with van der Waals surface area (Å²) in [6.07, 6.45) is 0.603. The van der Waals surface area contributed by atoms with Gasteiger partial charge in [0, 0.05) is 18.1 Å². The van der Waals surface area contributed by atoms with E-state index in [1.54, 1.807) is 23.1 Å². The molecule has 7 nitrogen and oxygen atoms in total. The van der Waals surface area contributed by atoms with E-state index in [1.165, 1.54) is 0 Å². The number of ether oxygens (including phenoxy) is 1. The molecule has 9 heteroatoms. The first-order valence-electron chi connectivity index (χ1n) is 8.33. The molecule has 0 aliphatic carbocycles. The van der Waals surface area contributed by atoms with Gasteiger partial charge in [0.2, 0.25) is 11.8 Å². The van der Waals surface area contributed by atoms with Gasteiger partial charge in [0.15, 0.2) is 0 Å². The quantitative estimate of drug-likeness (QED) is 0.682. The lowest BCUT2D eigenvalue weighted by atomic mass is 10.1. The number of hydrogen-bond acceptors (Lipinski definition) is 5. The Hall–Kier alpha value is -1.83. The molecule has 1 aliphatic rings. The van der Waals surface area contributed by atoms with Crippen molar-refractivity contribution in [2.24, 2.45) is 0 Å². The second kappa shape index (κ2) is 9.75. The predicted octanol–water partition coefficient (Wildman–Crippen LogP) is 2.08. The summed E-state index contributed by atoms with van der Waals surface area (Å²) in [6, 6.07) is 4.01. The minimum atomic E-state index is -0.742. The highest BCUT2D eigenvalue weighted by atomic mass is 35.5. The number of piperazine rings is 1. The fourth-order valence-corrected chi connectivity index (χ4v) is 2.91. The van der Waals surface area contributed by atoms with E-state index >= 15 is 0 Å². The summed E-state index contributed by atoms with van der Waals surface area (Å²) in [7, 11) is 0. The van der Waals surface area contributed by atoms with E-state index < -0.39 is 12.0 Å². The van der Waals surface area contributed by atoms with Gasteiger partial charge in [0.1, 0.15) is 6.04 Å². The average Bonchev–Trinajstić information content (AvgIpc) is 2.59. The molecule has 142 valence electrons. The van der Waals surface area contributed by atoms with Crippen LogP contribution in [0.4, 0.5) is 5.69 Å². The molecule has 2 rings (SSSR count). The molecule has 0 radical (unpaired) electrons. The minimum Gasteiger partial charge on any atom is -0.466 e. The molecule has 2 amide bonds. The predicted molar refractivity (Wildman–Crippen MR) is 99.3 cm³/mol. The molecule has 1 aromatic rings. The van der Waals surface area contributed by atoms with Gasteiger partial charge in [0.25, 0.3) is 0 Å². The van der Waals surface area contributed by atoms with Crippen molar-refractivity contribution in [1.82, 2.24) is 10.2 Å². The van der Waals surface area contributed by atoms with E-state index in [0.29, 0.717) is 41.8 Å². The van der Waals surface area contributed by atoms with E-state index in [1.807, 2.05) is 6.92 Å². The van der Waals surface area contributed by atoms with Crippen molar-refractivity contribution in [3.63, 3.8) is 0 Å². The summed E-state index contributed by atoms with van der Waals surface area (Å²) in [5.74, 6) is -1.11. The van der Waals surface area contributed by atoms with Gasteiger partial charge in [0.05, 0.1) is 30.3 Å². The van der Waals surface area contributed by atoms with Gasteiger partial charge in [-0.2, -0.15) is 0 Å². The number of halogens is 2. The van der Waals surface area contributed by atoms with Crippen LogP contribution in [0, 0.1) is 0 Å². The van der Waals surface area contributed by atoms with Crippen LogP contribution in [0.15, 0.2) is 18.2 Å². The third-order valence-electron chi connectivity index (χ3n) is 3.82. The molecule has 2 N–H and O–H groups in total. The lowest BCUT2D eigenvalue weighted by Gasteiger charge is -2.33. The number of nitrogens with zero attached hydrogens (tertiary/aromatic N) is 1. The van der Waals surface area contributed by atoms with Gasteiger partial charge in [-0.25, -0.2) is 0 Å². The Labute approximate surface area is 162 Å². The van der Waals surface area contributed by atoms with Crippen LogP contribution in [-0.2, 0) is 19.1 Å². The van der Waals surface area contributed by atoms with Crippen LogP contribution < -0.4 is 10.6 Å². The smallest absolute Gasteiger partial charge is 0.307 e. The zero-order chi connectivity index (χ0) is 19.1. The third kappa shape index (κ3) is 5.86. The second-order valence-corrected chi connectivity index (χ2v) is 6.72. The molecule has 0 bridgehead atoms. The molecule has 0 saturated carbocycles. The Morgan fingerprint density at radius 2 is 2.15 bits per heavy atom. The summed E-state index contributed by atoms with van der Waals surface area (Å²) in [6.45, 7) is 3.00. The molecule has 1 atom stereocenters. The van der Waals surface area contributed by atoms with Crippen molar-refractivity contribution in [2.45, 2.75) is 25.8 Å². The minimum absolute atomic E-state index is 0.0536. The van der Waals surface area contributed by atoms with Crippen molar-refractivity contribution in [1.29, 1.82) is 0 Å². The molecule has 0 spiro atoms. The van der Waals surface area contributed by atoms with E-state index in [4.69, 9.17) is 27.9 Å². The SMILES string of the molecule is CCCOC(=O)CC1C(=O)NCCN1CC(=O)Nc1cc(Cl)ccc1Cl. The Balaban J connectivity index is 1.99. The van der Waals surface area contributed by atoms with Gasteiger partial charge in [-0.3, -0.25) is 19.3 Å². The molecule has 1 aliphatic heterocycles. The van der Waals surface area contributed by atoms with Crippen LogP contribution in [0.5, 0.6) is 0 Å². The maximum absolute atomic E-state index is 12.4. The number of carbonyl (C=O) groups excluding carboxylic acids is 3. The number of nitrogens with one attached hydrogen (secondary N) is 2. The monoisotopic (exact) mass is 401 g/mol. The molecule has 1 saturated heterocycles. The maximum Gasteiger partial charge on any atom is 0.307 e. The zero-order valence-electron chi connectivity index (χ0n) is 14.4. The van der Waals surface area contributed by atoms with Gasteiger partial charge in [-0.1, -0.05) is 30.1 Å². The van der Waals surface area contributed by atoms with Crippen molar-refractivity contribution < 1.29 is 19.1 Å². The van der Waals surface area contributed by atoms with Crippen LogP contribution >= 0.6 is 23.2 Å². The standard InChI is InChI=1S/C17H21Cl2N3O4/c1-2-7-26-16(24)9-14-17(25)20-5-6-22(14)10-15(23)21-13-8-11(18)3-4-12(13)19/h3-4,8,14H,2,5-7,9-10H2,1H3,(H,20,25)(H,21,23). The number of esters is 1. The third-order valence-corrected chi connectivity index (χ3v) is 4.38. The summed E-state index contributed by atoms with van der Waals surface area (Å²) < 4.78 is 5.04. The lowest BCUT2D eigenvalue weighted by Crippen LogP contribution is -2.57. The largest absolute Gasteiger partial charge is 0.466 e. The highest BCUT2D eigenvalue weighted by Crippen LogP contribution is 2.25. The Bertz CT molecular complexity index is 684. The number of carbonyl (C=O) groups is 3. The number of rotatable bonds is 7. The number of amides is 2. The topological polar surface area (TPSA) is 87.7 Å². The molecule has 0 aromatic heterocycles. The number of benzene rings is 1. The Morgan fingerprint density at radius 3 is 2.88 bits per heavy atom. The van der Waals surface area contributed by atoms with Crippen molar-refractivity contribution in [3.8, 4) is 0 Å². The Kier molecular flexibility index (Phi) is 7.68. The molecule has 1 aromatic carbocycles. The van der Waals surface area contributed by atoms with Gasteiger partial charge >= 0.3 is 5.97 Å². The zero-order valence-corrected chi connectivity index (χ0v) is 15.9. The van der Waals surface area contributed by atoms with Crippen LogP contribution in [0.1, 0.15) is 19.8 Å². The van der Waals surface area contributed by atoms with E-state index in [9.17, 15) is 14.4 Å². The van der Waals surface area contributed by atoms with Crippen LogP contribution in [-0.4, -0.2) is 55.0 Å². The van der Waals surface area contributed by atoms with Crippen LogP contribution in [0.2, 0.25) is 10.0 Å². The van der Waals surface area contributed by atoms with Crippen LogP contribution in [0.3, 0.4) is 0 Å². The first kappa shape index (κ1) is 20.5. The van der Waals surface area contributed by atoms with Gasteiger partial charge in [-0.15, -0.1) is 0 Å². The lowest BCUT2D eigenvalue weighted by molar-refractivity contribution is -0.148. The summed E-state index contributed by atoms with van der Waals surface area (Å²) in [4.78, 5) is 38.0. The van der Waals surface area contributed by atoms with Crippen molar-refractivity contribution in [2.75, 3.05) is 31.6 Å². The number of anilines is 1. The van der Waals surface area contributed by atoms with E-state index in [0.717, 1.165) is 0 Å².